The second-order valence-electron chi connectivity index (χ2n) is 2.92. The van der Waals surface area contributed by atoms with E-state index < -0.39 is 6.09 Å². The summed E-state index contributed by atoms with van der Waals surface area (Å²) in [5, 5.41) is 11.7. The molecule has 4 nitrogen and oxygen atoms in total. The van der Waals surface area contributed by atoms with E-state index >= 15 is 0 Å². The molecular formula is C6H10N2O2. The number of nitrogens with zero attached hydrogens (tertiary/aromatic N) is 1. The van der Waals surface area contributed by atoms with E-state index in [0.29, 0.717) is 5.92 Å². The Kier molecular flexibility index (Phi) is 1.11. The van der Waals surface area contributed by atoms with Crippen LogP contribution in [-0.2, 0) is 0 Å². The number of amides is 1. The van der Waals surface area contributed by atoms with Crippen molar-refractivity contribution < 1.29 is 9.90 Å². The van der Waals surface area contributed by atoms with Gasteiger partial charge in [0.1, 0.15) is 0 Å². The lowest BCUT2D eigenvalue weighted by molar-refractivity contribution is 0.0507. The van der Waals surface area contributed by atoms with Gasteiger partial charge < -0.3 is 15.3 Å². The van der Waals surface area contributed by atoms with Crippen LogP contribution in [0.5, 0.6) is 0 Å². The van der Waals surface area contributed by atoms with Gasteiger partial charge in [0.15, 0.2) is 0 Å². The number of carbonyl (C=O) groups is 1. The summed E-state index contributed by atoms with van der Waals surface area (Å²) in [6, 6.07) is 0.275. The van der Waals surface area contributed by atoms with E-state index in [0.717, 1.165) is 19.6 Å². The lowest BCUT2D eigenvalue weighted by atomic mass is 9.93. The summed E-state index contributed by atoms with van der Waals surface area (Å²) in [4.78, 5) is 11.9. The highest BCUT2D eigenvalue weighted by molar-refractivity contribution is 5.67. The van der Waals surface area contributed by atoms with Gasteiger partial charge in [0, 0.05) is 25.6 Å². The zero-order valence-corrected chi connectivity index (χ0v) is 5.58. The third kappa shape index (κ3) is 0.623. The summed E-state index contributed by atoms with van der Waals surface area (Å²) in [6.45, 7) is 2.57. The molecule has 2 aliphatic rings. The van der Waals surface area contributed by atoms with Gasteiger partial charge in [-0.3, -0.25) is 0 Å². The highest BCUT2D eigenvalue weighted by Gasteiger charge is 2.44. The van der Waals surface area contributed by atoms with Crippen molar-refractivity contribution in [2.75, 3.05) is 19.6 Å². The number of hydrogen-bond acceptors (Lipinski definition) is 2. The Morgan fingerprint density at radius 3 is 3.00 bits per heavy atom. The Morgan fingerprint density at radius 1 is 1.60 bits per heavy atom. The fourth-order valence-electron chi connectivity index (χ4n) is 1.74. The average Bonchev–Trinajstić information content (AvgIpc) is 2.11. The standard InChI is InChI=1S/C6H10N2O2/c9-6(10)8-3-4-1-7-2-5(4)8/h4-5,7H,1-3H2,(H,9,10)/t4-,5-/m1/s1. The first-order valence-corrected chi connectivity index (χ1v) is 3.49. The lowest BCUT2D eigenvalue weighted by Crippen LogP contribution is -2.57. The van der Waals surface area contributed by atoms with Crippen LogP contribution in [0.3, 0.4) is 0 Å². The lowest BCUT2D eigenvalue weighted by Gasteiger charge is -2.41. The van der Waals surface area contributed by atoms with E-state index in [4.69, 9.17) is 5.11 Å². The molecule has 0 radical (unpaired) electrons. The van der Waals surface area contributed by atoms with Crippen LogP contribution in [0.25, 0.3) is 0 Å². The predicted octanol–water partition coefficient (Wildman–Crippen LogP) is -0.432. The van der Waals surface area contributed by atoms with Crippen molar-refractivity contribution in [3.63, 3.8) is 0 Å². The van der Waals surface area contributed by atoms with Gasteiger partial charge in [-0.2, -0.15) is 0 Å². The first-order chi connectivity index (χ1) is 4.79. The molecule has 2 fully saturated rings. The second-order valence-corrected chi connectivity index (χ2v) is 2.92. The van der Waals surface area contributed by atoms with Crippen LogP contribution >= 0.6 is 0 Å². The quantitative estimate of drug-likeness (QED) is 0.482. The van der Waals surface area contributed by atoms with Crippen molar-refractivity contribution in [3.8, 4) is 0 Å². The van der Waals surface area contributed by atoms with Crippen molar-refractivity contribution in [3.05, 3.63) is 0 Å². The van der Waals surface area contributed by atoms with Gasteiger partial charge in [0.2, 0.25) is 0 Å². The highest BCUT2D eigenvalue weighted by Crippen LogP contribution is 2.27. The maximum atomic E-state index is 10.4. The van der Waals surface area contributed by atoms with Crippen LogP contribution in [-0.4, -0.2) is 41.8 Å². The Balaban J connectivity index is 2.00. The zero-order valence-electron chi connectivity index (χ0n) is 5.58. The molecule has 2 rings (SSSR count). The van der Waals surface area contributed by atoms with Crippen LogP contribution < -0.4 is 5.32 Å². The summed E-state index contributed by atoms with van der Waals surface area (Å²) in [5.74, 6) is 0.594. The normalized spacial score (nSPS) is 37.0. The summed E-state index contributed by atoms with van der Waals surface area (Å²) in [6.07, 6.45) is -0.773. The topological polar surface area (TPSA) is 52.6 Å². The number of rotatable bonds is 0. The average molecular weight is 142 g/mol. The van der Waals surface area contributed by atoms with Gasteiger partial charge in [-0.05, 0) is 0 Å². The Labute approximate surface area is 58.8 Å². The van der Waals surface area contributed by atoms with Crippen LogP contribution in [0.4, 0.5) is 4.79 Å². The molecule has 2 N–H and O–H groups in total. The predicted molar refractivity (Wildman–Crippen MR) is 34.9 cm³/mol. The van der Waals surface area contributed by atoms with Crippen LogP contribution in [0.2, 0.25) is 0 Å². The van der Waals surface area contributed by atoms with Gasteiger partial charge in [-0.15, -0.1) is 0 Å². The molecule has 2 heterocycles. The molecule has 4 heteroatoms. The molecule has 0 spiro atoms. The maximum Gasteiger partial charge on any atom is 0.407 e. The van der Waals surface area contributed by atoms with E-state index in [-0.39, 0.29) is 6.04 Å². The molecule has 2 aliphatic heterocycles. The first-order valence-electron chi connectivity index (χ1n) is 3.49. The number of likely N-dealkylation sites (tertiary alicyclic amines) is 1. The van der Waals surface area contributed by atoms with Crippen LogP contribution in [0, 0.1) is 5.92 Å². The minimum atomic E-state index is -0.773. The van der Waals surface area contributed by atoms with Crippen molar-refractivity contribution in [2.24, 2.45) is 5.92 Å². The van der Waals surface area contributed by atoms with E-state index in [9.17, 15) is 4.79 Å². The first kappa shape index (κ1) is 5.97. The van der Waals surface area contributed by atoms with E-state index in [2.05, 4.69) is 5.32 Å². The Hall–Kier alpha value is -0.770. The maximum absolute atomic E-state index is 10.4. The second kappa shape index (κ2) is 1.85. The molecule has 56 valence electrons. The summed E-state index contributed by atoms with van der Waals surface area (Å²) in [5.41, 5.74) is 0. The van der Waals surface area contributed by atoms with Gasteiger partial charge >= 0.3 is 6.09 Å². The molecule has 0 aromatic rings. The minimum absolute atomic E-state index is 0.275. The fraction of sp³-hybridized carbons (Fsp3) is 0.833. The molecule has 2 atom stereocenters. The van der Waals surface area contributed by atoms with E-state index in [1.165, 1.54) is 4.90 Å². The fourth-order valence-corrected chi connectivity index (χ4v) is 1.74. The van der Waals surface area contributed by atoms with Crippen molar-refractivity contribution in [2.45, 2.75) is 6.04 Å². The van der Waals surface area contributed by atoms with E-state index in [1.54, 1.807) is 0 Å². The molecule has 2 saturated heterocycles. The van der Waals surface area contributed by atoms with Crippen LogP contribution in [0.15, 0.2) is 0 Å². The summed E-state index contributed by atoms with van der Waals surface area (Å²) >= 11 is 0. The zero-order chi connectivity index (χ0) is 7.14. The molecule has 0 bridgehead atoms. The third-order valence-corrected chi connectivity index (χ3v) is 2.38. The Morgan fingerprint density at radius 2 is 2.40 bits per heavy atom. The number of hydrogen-bond donors (Lipinski definition) is 2. The Bertz CT molecular complexity index is 171. The molecule has 10 heavy (non-hydrogen) atoms. The summed E-state index contributed by atoms with van der Waals surface area (Å²) in [7, 11) is 0. The van der Waals surface area contributed by atoms with Gasteiger partial charge in [-0.25, -0.2) is 4.79 Å². The smallest absolute Gasteiger partial charge is 0.407 e. The number of nitrogens with one attached hydrogen (secondary N) is 1. The van der Waals surface area contributed by atoms with Crippen LogP contribution in [0.1, 0.15) is 0 Å². The third-order valence-electron chi connectivity index (χ3n) is 2.38. The molecule has 0 unspecified atom stereocenters. The number of fused-ring (bicyclic) bond motifs is 1. The van der Waals surface area contributed by atoms with Crippen molar-refractivity contribution in [1.29, 1.82) is 0 Å². The largest absolute Gasteiger partial charge is 0.465 e. The molecular weight excluding hydrogens is 132 g/mol. The van der Waals surface area contributed by atoms with Gasteiger partial charge in [-0.1, -0.05) is 0 Å². The minimum Gasteiger partial charge on any atom is -0.465 e. The van der Waals surface area contributed by atoms with Crippen molar-refractivity contribution >= 4 is 6.09 Å². The summed E-state index contributed by atoms with van der Waals surface area (Å²) < 4.78 is 0. The van der Waals surface area contributed by atoms with Gasteiger partial charge in [0.25, 0.3) is 0 Å². The SMILES string of the molecule is O=C(O)N1C[C@H]2CNC[C@H]21. The number of carboxylic acid groups (broad SMARTS) is 1. The monoisotopic (exact) mass is 142 g/mol. The molecule has 1 amide bonds. The molecule has 0 saturated carbocycles. The molecule has 0 aromatic carbocycles. The molecule has 0 aromatic heterocycles. The molecule has 0 aliphatic carbocycles. The van der Waals surface area contributed by atoms with Gasteiger partial charge in [0.05, 0.1) is 6.04 Å². The highest BCUT2D eigenvalue weighted by atomic mass is 16.4. The van der Waals surface area contributed by atoms with Crippen molar-refractivity contribution in [1.82, 2.24) is 10.2 Å². The van der Waals surface area contributed by atoms with E-state index in [1.807, 2.05) is 0 Å².